The number of aliphatic hydroxyl groups is 1. The van der Waals surface area contributed by atoms with Crippen molar-refractivity contribution in [1.29, 1.82) is 0 Å². The molecule has 4 nitrogen and oxygen atoms in total. The topological polar surface area (TPSA) is 64.1 Å². The zero-order chi connectivity index (χ0) is 13.3. The normalized spacial score (nSPS) is 16.2. The van der Waals surface area contributed by atoms with Gasteiger partial charge in [0, 0.05) is 25.2 Å². The maximum Gasteiger partial charge on any atom is 0.0873 e. The van der Waals surface area contributed by atoms with Gasteiger partial charge in [-0.25, -0.2) is 0 Å². The molecule has 1 unspecified atom stereocenters. The van der Waals surface area contributed by atoms with Crippen LogP contribution in [0.3, 0.4) is 0 Å². The summed E-state index contributed by atoms with van der Waals surface area (Å²) in [7, 11) is 0. The van der Waals surface area contributed by atoms with E-state index in [1.807, 2.05) is 37.7 Å². The fourth-order valence-corrected chi connectivity index (χ4v) is 1.70. The molecule has 1 atom stereocenters. The summed E-state index contributed by atoms with van der Waals surface area (Å²) in [5.41, 5.74) is 5.44. The van der Waals surface area contributed by atoms with Crippen LogP contribution in [-0.2, 0) is 6.42 Å². The second-order valence-corrected chi connectivity index (χ2v) is 6.04. The molecule has 0 spiro atoms. The van der Waals surface area contributed by atoms with E-state index in [1.165, 1.54) is 0 Å². The van der Waals surface area contributed by atoms with E-state index in [4.69, 9.17) is 5.73 Å². The van der Waals surface area contributed by atoms with Crippen LogP contribution in [0, 0.1) is 5.41 Å². The van der Waals surface area contributed by atoms with E-state index in [2.05, 4.69) is 18.9 Å². The van der Waals surface area contributed by atoms with Gasteiger partial charge in [-0.2, -0.15) is 5.10 Å². The predicted molar refractivity (Wildman–Crippen MR) is 69.8 cm³/mol. The number of nitrogens with zero attached hydrogens (tertiary/aromatic N) is 2. The molecule has 1 heterocycles. The van der Waals surface area contributed by atoms with Crippen LogP contribution in [-0.4, -0.2) is 27.0 Å². The van der Waals surface area contributed by atoms with Crippen molar-refractivity contribution in [2.24, 2.45) is 11.1 Å². The van der Waals surface area contributed by atoms with Crippen molar-refractivity contribution < 1.29 is 5.11 Å². The first-order valence-corrected chi connectivity index (χ1v) is 6.16. The van der Waals surface area contributed by atoms with Crippen molar-refractivity contribution >= 4 is 0 Å². The van der Waals surface area contributed by atoms with Crippen LogP contribution in [0.4, 0.5) is 0 Å². The molecule has 0 aliphatic heterocycles. The third kappa shape index (κ3) is 3.07. The zero-order valence-corrected chi connectivity index (χ0v) is 11.6. The fourth-order valence-electron chi connectivity index (χ4n) is 1.70. The summed E-state index contributed by atoms with van der Waals surface area (Å²) in [5, 5.41) is 15.0. The fraction of sp³-hybridized carbons (Fsp3) is 0.769. The molecule has 1 aromatic rings. The molecule has 3 N–H and O–H groups in total. The van der Waals surface area contributed by atoms with Crippen molar-refractivity contribution in [1.82, 2.24) is 9.78 Å². The maximum atomic E-state index is 10.6. The number of rotatable bonds is 4. The SMILES string of the molecule is CC(C)n1ccc(CC(O)(CN)C(C)(C)C)n1. The molecule has 0 fully saturated rings. The molecular formula is C13H25N3O. The summed E-state index contributed by atoms with van der Waals surface area (Å²) >= 11 is 0. The van der Waals surface area contributed by atoms with Crippen molar-refractivity contribution in [3.8, 4) is 0 Å². The number of nitrogens with two attached hydrogens (primary N) is 1. The van der Waals surface area contributed by atoms with E-state index in [0.717, 1.165) is 5.69 Å². The van der Waals surface area contributed by atoms with Crippen LogP contribution in [0.2, 0.25) is 0 Å². The Labute approximate surface area is 104 Å². The molecule has 1 aromatic heterocycles. The third-order valence-electron chi connectivity index (χ3n) is 3.40. The van der Waals surface area contributed by atoms with Crippen LogP contribution < -0.4 is 5.73 Å². The van der Waals surface area contributed by atoms with Gasteiger partial charge in [-0.1, -0.05) is 20.8 Å². The molecule has 17 heavy (non-hydrogen) atoms. The first-order valence-electron chi connectivity index (χ1n) is 6.16. The molecule has 0 amide bonds. The van der Waals surface area contributed by atoms with E-state index in [-0.39, 0.29) is 12.0 Å². The lowest BCUT2D eigenvalue weighted by Gasteiger charge is -2.39. The third-order valence-corrected chi connectivity index (χ3v) is 3.40. The van der Waals surface area contributed by atoms with Gasteiger partial charge in [-0.05, 0) is 25.3 Å². The highest BCUT2D eigenvalue weighted by molar-refractivity contribution is 5.07. The standard InChI is InChI=1S/C13H25N3O/c1-10(2)16-7-6-11(15-16)8-13(17,9-14)12(3,4)5/h6-7,10,17H,8-9,14H2,1-5H3. The number of hydrogen-bond acceptors (Lipinski definition) is 3. The molecule has 1 rings (SSSR count). The highest BCUT2D eigenvalue weighted by atomic mass is 16.3. The Kier molecular flexibility index (Phi) is 3.99. The molecule has 0 aromatic carbocycles. The second-order valence-electron chi connectivity index (χ2n) is 6.04. The van der Waals surface area contributed by atoms with Crippen LogP contribution in [0.15, 0.2) is 12.3 Å². The first kappa shape index (κ1) is 14.2. The van der Waals surface area contributed by atoms with Crippen LogP contribution in [0.5, 0.6) is 0 Å². The summed E-state index contributed by atoms with van der Waals surface area (Å²) in [5.74, 6) is 0. The largest absolute Gasteiger partial charge is 0.388 e. The smallest absolute Gasteiger partial charge is 0.0873 e. The molecule has 98 valence electrons. The van der Waals surface area contributed by atoms with Crippen LogP contribution in [0.25, 0.3) is 0 Å². The zero-order valence-electron chi connectivity index (χ0n) is 11.6. The Morgan fingerprint density at radius 2 is 2.00 bits per heavy atom. The Hall–Kier alpha value is -0.870. The summed E-state index contributed by atoms with van der Waals surface area (Å²) < 4.78 is 1.90. The highest BCUT2D eigenvalue weighted by Crippen LogP contribution is 2.32. The Morgan fingerprint density at radius 3 is 2.35 bits per heavy atom. The Bertz CT molecular complexity index is 365. The van der Waals surface area contributed by atoms with Crippen molar-refractivity contribution in [2.45, 2.75) is 52.7 Å². The van der Waals surface area contributed by atoms with Gasteiger partial charge < -0.3 is 10.8 Å². The van der Waals surface area contributed by atoms with Gasteiger partial charge in [0.05, 0.1) is 11.3 Å². The number of hydrogen-bond donors (Lipinski definition) is 2. The molecule has 0 aliphatic rings. The highest BCUT2D eigenvalue weighted by Gasteiger charge is 2.39. The monoisotopic (exact) mass is 239 g/mol. The van der Waals surface area contributed by atoms with Crippen molar-refractivity contribution in [2.75, 3.05) is 6.54 Å². The summed E-state index contributed by atoms with van der Waals surface area (Å²) in [4.78, 5) is 0. The first-order chi connectivity index (χ1) is 7.69. The van der Waals surface area contributed by atoms with Gasteiger partial charge in [0.2, 0.25) is 0 Å². The summed E-state index contributed by atoms with van der Waals surface area (Å²) in [6.07, 6.45) is 2.44. The minimum Gasteiger partial charge on any atom is -0.388 e. The summed E-state index contributed by atoms with van der Waals surface area (Å²) in [6.45, 7) is 10.4. The predicted octanol–water partition coefficient (Wildman–Crippen LogP) is 1.74. The Morgan fingerprint density at radius 1 is 1.41 bits per heavy atom. The maximum absolute atomic E-state index is 10.6. The van der Waals surface area contributed by atoms with Crippen LogP contribution >= 0.6 is 0 Å². The molecular weight excluding hydrogens is 214 g/mol. The molecule has 0 aliphatic carbocycles. The van der Waals surface area contributed by atoms with E-state index in [0.29, 0.717) is 12.5 Å². The molecule has 0 saturated heterocycles. The lowest BCUT2D eigenvalue weighted by molar-refractivity contribution is -0.0498. The van der Waals surface area contributed by atoms with Crippen molar-refractivity contribution in [3.05, 3.63) is 18.0 Å². The van der Waals surface area contributed by atoms with E-state index >= 15 is 0 Å². The average molecular weight is 239 g/mol. The molecule has 0 bridgehead atoms. The lowest BCUT2D eigenvalue weighted by atomic mass is 9.74. The van der Waals surface area contributed by atoms with E-state index in [1.54, 1.807) is 0 Å². The molecule has 0 saturated carbocycles. The van der Waals surface area contributed by atoms with E-state index < -0.39 is 5.60 Å². The van der Waals surface area contributed by atoms with Gasteiger partial charge in [0.25, 0.3) is 0 Å². The quantitative estimate of drug-likeness (QED) is 0.841. The van der Waals surface area contributed by atoms with Gasteiger partial charge in [0.1, 0.15) is 0 Å². The minimum absolute atomic E-state index is 0.241. The average Bonchev–Trinajstić information content (AvgIpc) is 2.64. The summed E-state index contributed by atoms with van der Waals surface area (Å²) in [6, 6.07) is 2.29. The van der Waals surface area contributed by atoms with E-state index in [9.17, 15) is 5.11 Å². The molecule has 0 radical (unpaired) electrons. The second kappa shape index (κ2) is 4.78. The van der Waals surface area contributed by atoms with Crippen molar-refractivity contribution in [3.63, 3.8) is 0 Å². The number of aromatic nitrogens is 2. The van der Waals surface area contributed by atoms with Gasteiger partial charge in [-0.15, -0.1) is 0 Å². The van der Waals surface area contributed by atoms with Gasteiger partial charge >= 0.3 is 0 Å². The minimum atomic E-state index is -0.914. The lowest BCUT2D eigenvalue weighted by Crippen LogP contribution is -2.51. The van der Waals surface area contributed by atoms with Gasteiger partial charge in [0.15, 0.2) is 0 Å². The van der Waals surface area contributed by atoms with Gasteiger partial charge in [-0.3, -0.25) is 4.68 Å². The molecule has 4 heteroatoms. The Balaban J connectivity index is 2.88. The van der Waals surface area contributed by atoms with Crippen LogP contribution in [0.1, 0.15) is 46.4 Å².